The van der Waals surface area contributed by atoms with E-state index in [2.05, 4.69) is 6.58 Å². The van der Waals surface area contributed by atoms with E-state index in [9.17, 15) is 9.90 Å². The number of amides is 1. The highest BCUT2D eigenvalue weighted by atomic mass is 16.3. The van der Waals surface area contributed by atoms with Gasteiger partial charge in [0.15, 0.2) is 0 Å². The summed E-state index contributed by atoms with van der Waals surface area (Å²) >= 11 is 0. The molecule has 1 aromatic rings. The summed E-state index contributed by atoms with van der Waals surface area (Å²) in [6, 6.07) is 4.52. The SMILES string of the molecule is C=C(C)CN(CC)C(=O)c1ccc(N)c(O)c1. The summed E-state index contributed by atoms with van der Waals surface area (Å²) < 4.78 is 0. The van der Waals surface area contributed by atoms with Crippen molar-refractivity contribution in [3.05, 3.63) is 35.9 Å². The molecule has 0 aliphatic carbocycles. The number of likely N-dealkylation sites (N-methyl/N-ethyl adjacent to an activating group) is 1. The molecular formula is C13H18N2O2. The Kier molecular flexibility index (Phi) is 4.15. The Hall–Kier alpha value is -1.97. The topological polar surface area (TPSA) is 66.6 Å². The molecule has 0 heterocycles. The average molecular weight is 234 g/mol. The maximum absolute atomic E-state index is 12.1. The molecule has 0 aliphatic rings. The zero-order valence-electron chi connectivity index (χ0n) is 10.2. The second-order valence-electron chi connectivity index (χ2n) is 4.05. The molecule has 0 atom stereocenters. The van der Waals surface area contributed by atoms with E-state index in [1.54, 1.807) is 11.0 Å². The predicted octanol–water partition coefficient (Wildman–Crippen LogP) is 2.01. The van der Waals surface area contributed by atoms with E-state index in [-0.39, 0.29) is 17.3 Å². The van der Waals surface area contributed by atoms with Gasteiger partial charge in [0, 0.05) is 18.7 Å². The van der Waals surface area contributed by atoms with E-state index in [1.807, 2.05) is 13.8 Å². The molecule has 4 nitrogen and oxygen atoms in total. The van der Waals surface area contributed by atoms with Gasteiger partial charge in [-0.1, -0.05) is 12.2 Å². The van der Waals surface area contributed by atoms with Crippen LogP contribution in [-0.2, 0) is 0 Å². The van der Waals surface area contributed by atoms with Crippen LogP contribution in [0.5, 0.6) is 5.75 Å². The van der Waals surface area contributed by atoms with Crippen LogP contribution in [0.4, 0.5) is 5.69 Å². The van der Waals surface area contributed by atoms with Gasteiger partial charge in [-0.3, -0.25) is 4.79 Å². The molecule has 17 heavy (non-hydrogen) atoms. The molecule has 0 bridgehead atoms. The quantitative estimate of drug-likeness (QED) is 0.476. The first kappa shape index (κ1) is 13.1. The zero-order chi connectivity index (χ0) is 13.0. The molecule has 0 saturated carbocycles. The van der Waals surface area contributed by atoms with Crippen molar-refractivity contribution >= 4 is 11.6 Å². The third kappa shape index (κ3) is 3.24. The molecule has 0 unspecified atom stereocenters. The third-order valence-electron chi connectivity index (χ3n) is 2.41. The summed E-state index contributed by atoms with van der Waals surface area (Å²) in [4.78, 5) is 13.8. The number of carbonyl (C=O) groups excluding carboxylic acids is 1. The van der Waals surface area contributed by atoms with E-state index in [0.29, 0.717) is 18.7 Å². The monoisotopic (exact) mass is 234 g/mol. The summed E-state index contributed by atoms with van der Waals surface area (Å²) in [5.41, 5.74) is 7.10. The summed E-state index contributed by atoms with van der Waals surface area (Å²) in [5.74, 6) is -0.201. The van der Waals surface area contributed by atoms with E-state index in [0.717, 1.165) is 5.57 Å². The fourth-order valence-electron chi connectivity index (χ4n) is 1.51. The Morgan fingerprint density at radius 3 is 2.65 bits per heavy atom. The number of hydrogen-bond acceptors (Lipinski definition) is 3. The first-order valence-electron chi connectivity index (χ1n) is 5.47. The number of phenols is 1. The molecule has 0 radical (unpaired) electrons. The van der Waals surface area contributed by atoms with Gasteiger partial charge in [0.1, 0.15) is 5.75 Å². The largest absolute Gasteiger partial charge is 0.506 e. The predicted molar refractivity (Wildman–Crippen MR) is 68.9 cm³/mol. The van der Waals surface area contributed by atoms with Crippen molar-refractivity contribution in [2.24, 2.45) is 0 Å². The standard InChI is InChI=1S/C13H18N2O2/c1-4-15(8-9(2)3)13(17)10-5-6-11(14)12(16)7-10/h5-7,16H,2,4,8,14H2,1,3H3. The number of benzene rings is 1. The normalized spacial score (nSPS) is 10.0. The molecule has 1 aromatic carbocycles. The highest BCUT2D eigenvalue weighted by Gasteiger charge is 2.15. The number of carbonyl (C=O) groups is 1. The van der Waals surface area contributed by atoms with Crippen LogP contribution in [-0.4, -0.2) is 29.0 Å². The molecule has 92 valence electrons. The number of nitrogens with two attached hydrogens (primary N) is 1. The van der Waals surface area contributed by atoms with Crippen LogP contribution < -0.4 is 5.73 Å². The molecule has 0 spiro atoms. The number of aromatic hydroxyl groups is 1. The van der Waals surface area contributed by atoms with Gasteiger partial charge in [-0.25, -0.2) is 0 Å². The number of nitrogen functional groups attached to an aromatic ring is 1. The van der Waals surface area contributed by atoms with Crippen LogP contribution in [0.25, 0.3) is 0 Å². The van der Waals surface area contributed by atoms with Crippen molar-refractivity contribution < 1.29 is 9.90 Å². The maximum Gasteiger partial charge on any atom is 0.254 e. The van der Waals surface area contributed by atoms with Crippen LogP contribution >= 0.6 is 0 Å². The van der Waals surface area contributed by atoms with Gasteiger partial charge >= 0.3 is 0 Å². The molecule has 0 aromatic heterocycles. The number of hydrogen-bond donors (Lipinski definition) is 2. The Morgan fingerprint density at radius 1 is 1.53 bits per heavy atom. The van der Waals surface area contributed by atoms with E-state index in [1.165, 1.54) is 12.1 Å². The van der Waals surface area contributed by atoms with Crippen molar-refractivity contribution in [1.29, 1.82) is 0 Å². The first-order chi connectivity index (χ1) is 7.95. The second kappa shape index (κ2) is 5.39. The lowest BCUT2D eigenvalue weighted by molar-refractivity contribution is 0.0778. The van der Waals surface area contributed by atoms with E-state index < -0.39 is 0 Å². The fourth-order valence-corrected chi connectivity index (χ4v) is 1.51. The lowest BCUT2D eigenvalue weighted by Crippen LogP contribution is -2.32. The zero-order valence-corrected chi connectivity index (χ0v) is 10.2. The summed E-state index contributed by atoms with van der Waals surface area (Å²) in [6.07, 6.45) is 0. The summed E-state index contributed by atoms with van der Waals surface area (Å²) in [7, 11) is 0. The van der Waals surface area contributed by atoms with Gasteiger partial charge in [0.2, 0.25) is 0 Å². The Labute approximate surface area is 101 Å². The van der Waals surface area contributed by atoms with Crippen molar-refractivity contribution in [2.45, 2.75) is 13.8 Å². The molecule has 3 N–H and O–H groups in total. The van der Waals surface area contributed by atoms with Gasteiger partial charge in [-0.2, -0.15) is 0 Å². The highest BCUT2D eigenvalue weighted by molar-refractivity contribution is 5.95. The minimum atomic E-state index is -0.134. The van der Waals surface area contributed by atoms with Gasteiger partial charge in [0.25, 0.3) is 5.91 Å². The van der Waals surface area contributed by atoms with E-state index in [4.69, 9.17) is 5.73 Å². The highest BCUT2D eigenvalue weighted by Crippen LogP contribution is 2.21. The number of phenolic OH excluding ortho intramolecular Hbond substituents is 1. The number of rotatable bonds is 4. The van der Waals surface area contributed by atoms with Crippen LogP contribution in [0, 0.1) is 0 Å². The summed E-state index contributed by atoms with van der Waals surface area (Å²) in [5, 5.41) is 9.47. The molecule has 1 rings (SSSR count). The lowest BCUT2D eigenvalue weighted by atomic mass is 10.1. The Balaban J connectivity index is 2.93. The van der Waals surface area contributed by atoms with Gasteiger partial charge in [-0.15, -0.1) is 0 Å². The Morgan fingerprint density at radius 2 is 2.18 bits per heavy atom. The van der Waals surface area contributed by atoms with Crippen LogP contribution in [0.2, 0.25) is 0 Å². The van der Waals surface area contributed by atoms with Gasteiger partial charge in [-0.05, 0) is 32.0 Å². The van der Waals surface area contributed by atoms with Gasteiger partial charge < -0.3 is 15.7 Å². The molecular weight excluding hydrogens is 216 g/mol. The second-order valence-corrected chi connectivity index (χ2v) is 4.05. The molecule has 0 fully saturated rings. The first-order valence-corrected chi connectivity index (χ1v) is 5.47. The van der Waals surface area contributed by atoms with E-state index >= 15 is 0 Å². The van der Waals surface area contributed by atoms with Crippen molar-refractivity contribution in [2.75, 3.05) is 18.8 Å². The van der Waals surface area contributed by atoms with Crippen LogP contribution in [0.1, 0.15) is 24.2 Å². The van der Waals surface area contributed by atoms with Gasteiger partial charge in [0.05, 0.1) is 5.69 Å². The van der Waals surface area contributed by atoms with Crippen molar-refractivity contribution in [1.82, 2.24) is 4.90 Å². The molecule has 0 aliphatic heterocycles. The molecule has 1 amide bonds. The van der Waals surface area contributed by atoms with Crippen LogP contribution in [0.15, 0.2) is 30.4 Å². The lowest BCUT2D eigenvalue weighted by Gasteiger charge is -2.21. The minimum absolute atomic E-state index is 0.0674. The average Bonchev–Trinajstić information content (AvgIpc) is 2.28. The van der Waals surface area contributed by atoms with Crippen molar-refractivity contribution in [3.63, 3.8) is 0 Å². The minimum Gasteiger partial charge on any atom is -0.506 e. The van der Waals surface area contributed by atoms with Crippen molar-refractivity contribution in [3.8, 4) is 5.75 Å². The summed E-state index contributed by atoms with van der Waals surface area (Å²) in [6.45, 7) is 8.67. The smallest absolute Gasteiger partial charge is 0.254 e. The Bertz CT molecular complexity index is 441. The third-order valence-corrected chi connectivity index (χ3v) is 2.41. The fraction of sp³-hybridized carbons (Fsp3) is 0.308. The number of nitrogens with zero attached hydrogens (tertiary/aromatic N) is 1. The molecule has 0 saturated heterocycles. The number of anilines is 1. The molecule has 4 heteroatoms. The maximum atomic E-state index is 12.1. The van der Waals surface area contributed by atoms with Crippen LogP contribution in [0.3, 0.4) is 0 Å².